The highest BCUT2D eigenvalue weighted by Crippen LogP contribution is 2.56. The van der Waals surface area contributed by atoms with E-state index >= 15 is 0 Å². The smallest absolute Gasteiger partial charge is 0.312 e. The van der Waals surface area contributed by atoms with E-state index in [2.05, 4.69) is 0 Å². The van der Waals surface area contributed by atoms with E-state index in [0.717, 1.165) is 12.8 Å². The Hall–Kier alpha value is -1.06. The number of carbonyl (C=O) groups is 2. The molecule has 3 fully saturated rings. The van der Waals surface area contributed by atoms with Crippen molar-refractivity contribution in [2.75, 3.05) is 6.61 Å². The quantitative estimate of drug-likeness (QED) is 0.732. The third-order valence-corrected chi connectivity index (χ3v) is 5.30. The highest BCUT2D eigenvalue weighted by atomic mass is 16.6. The van der Waals surface area contributed by atoms with Gasteiger partial charge >= 0.3 is 11.9 Å². The van der Waals surface area contributed by atoms with Crippen LogP contribution in [-0.2, 0) is 19.1 Å². The molecule has 0 N–H and O–H groups in total. The zero-order chi connectivity index (χ0) is 13.8. The summed E-state index contributed by atoms with van der Waals surface area (Å²) in [6.07, 6.45) is 3.69. The molecule has 0 amide bonds. The van der Waals surface area contributed by atoms with Gasteiger partial charge in [0.25, 0.3) is 0 Å². The second kappa shape index (κ2) is 4.22. The maximum atomic E-state index is 12.1. The van der Waals surface area contributed by atoms with Gasteiger partial charge in [-0.3, -0.25) is 9.59 Å². The third-order valence-electron chi connectivity index (χ3n) is 5.30. The van der Waals surface area contributed by atoms with Crippen LogP contribution in [-0.4, -0.2) is 24.6 Å². The normalized spacial score (nSPS) is 40.2. The summed E-state index contributed by atoms with van der Waals surface area (Å²) >= 11 is 0. The Bertz CT molecular complexity index is 414. The van der Waals surface area contributed by atoms with Crippen molar-refractivity contribution < 1.29 is 19.1 Å². The van der Waals surface area contributed by atoms with E-state index in [-0.39, 0.29) is 29.9 Å². The van der Waals surface area contributed by atoms with Gasteiger partial charge in [-0.2, -0.15) is 0 Å². The van der Waals surface area contributed by atoms with Gasteiger partial charge in [0.15, 0.2) is 0 Å². The Balaban J connectivity index is 1.67. The average Bonchev–Trinajstić information content (AvgIpc) is 3.02. The molecule has 2 aliphatic carbocycles. The van der Waals surface area contributed by atoms with E-state index in [0.29, 0.717) is 18.4 Å². The first-order chi connectivity index (χ1) is 8.94. The molecule has 1 aliphatic heterocycles. The number of esters is 2. The average molecular weight is 265 g/mol. The fourth-order valence-electron chi connectivity index (χ4n) is 3.84. The summed E-state index contributed by atoms with van der Waals surface area (Å²) in [5.41, 5.74) is -0.538. The summed E-state index contributed by atoms with van der Waals surface area (Å²) in [6, 6.07) is 0. The zero-order valence-electron chi connectivity index (χ0n) is 11.7. The van der Waals surface area contributed by atoms with Crippen LogP contribution in [0.2, 0.25) is 0 Å². The second-order valence-electron chi connectivity index (χ2n) is 6.67. The predicted molar refractivity (Wildman–Crippen MR) is 67.8 cm³/mol. The van der Waals surface area contributed by atoms with E-state index in [1.807, 2.05) is 27.2 Å². The van der Waals surface area contributed by atoms with Crippen LogP contribution in [0.5, 0.6) is 0 Å². The van der Waals surface area contributed by atoms with Gasteiger partial charge in [-0.1, -0.05) is 6.92 Å². The molecular weight excluding hydrogens is 244 g/mol. The Morgan fingerprint density at radius 3 is 2.79 bits per heavy atom. The van der Waals surface area contributed by atoms with Crippen molar-refractivity contribution in [1.29, 1.82) is 0 Å². The van der Waals surface area contributed by atoms with Gasteiger partial charge in [0.05, 0.1) is 17.9 Å². The van der Waals surface area contributed by atoms with Crippen LogP contribution < -0.4 is 0 Å². The summed E-state index contributed by atoms with van der Waals surface area (Å²) in [5, 5.41) is 0. The Morgan fingerprint density at radius 2 is 2.11 bits per heavy atom. The van der Waals surface area contributed by atoms with Crippen LogP contribution in [0.4, 0.5) is 0 Å². The first-order valence-electron chi connectivity index (χ1n) is 7.12. The largest absolute Gasteiger partial charge is 0.465 e. The monoisotopic (exact) mass is 265 g/mol. The lowest BCUT2D eigenvalue weighted by Crippen LogP contribution is -2.38. The summed E-state index contributed by atoms with van der Waals surface area (Å²) in [5.74, 6) is 0.830. The van der Waals surface area contributed by atoms with Crippen LogP contribution in [0.3, 0.4) is 0 Å². The summed E-state index contributed by atoms with van der Waals surface area (Å²) < 4.78 is 10.9. The number of rotatable bonds is 3. The van der Waals surface area contributed by atoms with Crippen LogP contribution in [0, 0.1) is 35.5 Å². The number of hydrogen-bond donors (Lipinski definition) is 0. The molecule has 4 nitrogen and oxygen atoms in total. The van der Waals surface area contributed by atoms with Crippen LogP contribution in [0.15, 0.2) is 0 Å². The predicted octanol–water partition coefficient (Wildman–Crippen LogP) is 1.98. The van der Waals surface area contributed by atoms with Gasteiger partial charge in [-0.25, -0.2) is 0 Å². The van der Waals surface area contributed by atoms with Crippen molar-refractivity contribution in [3.63, 3.8) is 0 Å². The molecule has 0 spiro atoms. The van der Waals surface area contributed by atoms with Gasteiger partial charge < -0.3 is 9.47 Å². The molecule has 1 radical (unpaired) electrons. The minimum absolute atomic E-state index is 0.0209. The lowest BCUT2D eigenvalue weighted by atomic mass is 9.79. The van der Waals surface area contributed by atoms with Crippen molar-refractivity contribution in [2.24, 2.45) is 29.1 Å². The molecular formula is C15H21O4. The summed E-state index contributed by atoms with van der Waals surface area (Å²) in [7, 11) is 0. The summed E-state index contributed by atoms with van der Waals surface area (Å²) in [4.78, 5) is 23.8. The van der Waals surface area contributed by atoms with Crippen molar-refractivity contribution in [1.82, 2.24) is 0 Å². The molecule has 0 aromatic carbocycles. The van der Waals surface area contributed by atoms with E-state index in [1.165, 1.54) is 0 Å². The highest BCUT2D eigenvalue weighted by Gasteiger charge is 2.60. The minimum Gasteiger partial charge on any atom is -0.465 e. The van der Waals surface area contributed by atoms with Gasteiger partial charge in [-0.05, 0) is 39.0 Å². The molecule has 105 valence electrons. The minimum atomic E-state index is -0.538. The lowest BCUT2D eigenvalue weighted by Gasteiger charge is -2.31. The zero-order valence-corrected chi connectivity index (χ0v) is 11.7. The van der Waals surface area contributed by atoms with Crippen molar-refractivity contribution in [3.8, 4) is 0 Å². The van der Waals surface area contributed by atoms with Crippen LogP contribution in [0.25, 0.3) is 0 Å². The standard InChI is InChI=1S/C15H21O4/c1-4-15(2,3)14(17)19-11-6-8-5-9(11)10-7-18-13(16)12(8)10/h4,8-12H,5-7H2,1-3H3. The number of ether oxygens (including phenoxy) is 2. The number of hydrogen-bond acceptors (Lipinski definition) is 4. The van der Waals surface area contributed by atoms with E-state index in [9.17, 15) is 9.59 Å². The topological polar surface area (TPSA) is 52.6 Å². The molecule has 2 bridgehead atoms. The van der Waals surface area contributed by atoms with Gasteiger partial charge in [-0.15, -0.1) is 0 Å². The van der Waals surface area contributed by atoms with Crippen molar-refractivity contribution in [3.05, 3.63) is 6.42 Å². The molecule has 4 heteroatoms. The molecule has 3 aliphatic rings. The van der Waals surface area contributed by atoms with E-state index < -0.39 is 5.41 Å². The SMILES string of the molecule is C[CH]C(C)(C)C(=O)OC1CC2CC1C1COC(=O)C21. The van der Waals surface area contributed by atoms with Crippen molar-refractivity contribution >= 4 is 11.9 Å². The molecule has 3 rings (SSSR count). The number of carbonyl (C=O) groups excluding carboxylic acids is 2. The van der Waals surface area contributed by atoms with Gasteiger partial charge in [0, 0.05) is 11.8 Å². The second-order valence-corrected chi connectivity index (χ2v) is 6.67. The molecule has 1 heterocycles. The maximum Gasteiger partial charge on any atom is 0.312 e. The van der Waals surface area contributed by atoms with E-state index in [1.54, 1.807) is 0 Å². The van der Waals surface area contributed by atoms with Crippen molar-refractivity contribution in [2.45, 2.75) is 39.7 Å². The number of cyclic esters (lactones) is 1. The Labute approximate surface area is 113 Å². The van der Waals surface area contributed by atoms with Gasteiger partial charge in [0.1, 0.15) is 6.10 Å². The number of fused-ring (bicyclic) bond motifs is 5. The van der Waals surface area contributed by atoms with E-state index in [4.69, 9.17) is 9.47 Å². The summed E-state index contributed by atoms with van der Waals surface area (Å²) in [6.45, 7) is 6.13. The van der Waals surface area contributed by atoms with Crippen LogP contribution in [0.1, 0.15) is 33.6 Å². The highest BCUT2D eigenvalue weighted by molar-refractivity contribution is 5.78. The first kappa shape index (κ1) is 12.9. The van der Waals surface area contributed by atoms with Gasteiger partial charge in [0.2, 0.25) is 0 Å². The Kier molecular flexibility index (Phi) is 2.88. The molecule has 19 heavy (non-hydrogen) atoms. The molecule has 5 unspecified atom stereocenters. The Morgan fingerprint density at radius 1 is 1.37 bits per heavy atom. The first-order valence-corrected chi connectivity index (χ1v) is 7.12. The maximum absolute atomic E-state index is 12.1. The third kappa shape index (κ3) is 1.87. The van der Waals surface area contributed by atoms with Crippen LogP contribution >= 0.6 is 0 Å². The fraction of sp³-hybridized carbons (Fsp3) is 0.800. The molecule has 1 saturated heterocycles. The molecule has 2 saturated carbocycles. The molecule has 0 aromatic heterocycles. The lowest BCUT2D eigenvalue weighted by molar-refractivity contribution is -0.161. The molecule has 0 aromatic rings. The fourth-order valence-corrected chi connectivity index (χ4v) is 3.84. The molecule has 5 atom stereocenters.